The molecule has 2 N–H and O–H groups in total. The highest BCUT2D eigenvalue weighted by Gasteiger charge is 2.76. The molecule has 2 aromatic rings. The van der Waals surface area contributed by atoms with E-state index in [9.17, 15) is 28.8 Å². The lowest BCUT2D eigenvalue weighted by molar-refractivity contribution is -0.173. The minimum atomic E-state index is -2.05. The molecular formula is C28H23Cl2FN2O7. The van der Waals surface area contributed by atoms with E-state index in [0.29, 0.717) is 16.9 Å². The van der Waals surface area contributed by atoms with E-state index in [4.69, 9.17) is 33.0 Å². The van der Waals surface area contributed by atoms with Gasteiger partial charge in [0.1, 0.15) is 18.2 Å². The number of rotatable bonds is 5. The molecule has 0 bridgehead atoms. The normalized spacial score (nSPS) is 33.1. The molecule has 12 heteroatoms. The average molecular weight is 589 g/mol. The van der Waals surface area contributed by atoms with Crippen molar-refractivity contribution in [1.82, 2.24) is 5.06 Å². The molecular weight excluding hydrogens is 566 g/mol. The Labute approximate surface area is 237 Å². The molecule has 6 rings (SSSR count). The lowest BCUT2D eigenvalue weighted by Crippen LogP contribution is -2.60. The van der Waals surface area contributed by atoms with Crippen LogP contribution in [0.5, 0.6) is 5.75 Å². The number of fused-ring (bicyclic) bond motifs is 4. The van der Waals surface area contributed by atoms with E-state index in [0.717, 1.165) is 17.0 Å². The van der Waals surface area contributed by atoms with Crippen molar-refractivity contribution in [1.29, 1.82) is 0 Å². The fraction of sp³-hybridized carbons (Fsp3) is 0.357. The van der Waals surface area contributed by atoms with E-state index in [1.807, 2.05) is 0 Å². The van der Waals surface area contributed by atoms with Gasteiger partial charge in [-0.15, -0.1) is 23.2 Å². The molecule has 0 aromatic heterocycles. The van der Waals surface area contributed by atoms with Gasteiger partial charge in [-0.25, -0.2) is 9.29 Å². The summed E-state index contributed by atoms with van der Waals surface area (Å²) in [5, 5.41) is 19.3. The molecule has 208 valence electrons. The summed E-state index contributed by atoms with van der Waals surface area (Å²) in [6, 6.07) is 11.3. The van der Waals surface area contributed by atoms with Gasteiger partial charge in [0.25, 0.3) is 23.6 Å². The first-order valence-corrected chi connectivity index (χ1v) is 13.4. The number of ether oxygens (including phenoxy) is 1. The number of allylic oxidation sites excluding steroid dienone is 2. The zero-order valence-corrected chi connectivity index (χ0v) is 22.3. The van der Waals surface area contributed by atoms with Crippen LogP contribution in [0.4, 0.5) is 10.1 Å². The number of aliphatic hydroxyl groups excluding tert-OH is 1. The van der Waals surface area contributed by atoms with Crippen molar-refractivity contribution in [2.45, 2.75) is 28.5 Å². The Morgan fingerprint density at radius 1 is 0.950 bits per heavy atom. The van der Waals surface area contributed by atoms with Crippen molar-refractivity contribution in [2.24, 2.45) is 17.8 Å². The standard InChI is InChI=1S/C28H23Cl2FN2O7/c29-27-13-20-18(9-10-19-21(20)24(36)33(39)23(19)35)22(14-1-7-17(8-2-14)40-12-11-34)28(27,30)26(38)32(25(27)37)16-5-3-15(31)4-6-16/h1-9,19-22,34,39H,10-13H2. The second-order valence-corrected chi connectivity index (χ2v) is 11.6. The van der Waals surface area contributed by atoms with E-state index >= 15 is 0 Å². The summed E-state index contributed by atoms with van der Waals surface area (Å²) in [5.74, 6) is -6.91. The zero-order chi connectivity index (χ0) is 28.6. The molecule has 6 unspecified atom stereocenters. The van der Waals surface area contributed by atoms with Crippen molar-refractivity contribution in [2.75, 3.05) is 18.1 Å². The van der Waals surface area contributed by atoms with Gasteiger partial charge in [0.05, 0.1) is 24.1 Å². The molecule has 6 atom stereocenters. The van der Waals surface area contributed by atoms with Gasteiger partial charge in [-0.2, -0.15) is 5.06 Å². The molecule has 2 heterocycles. The van der Waals surface area contributed by atoms with Crippen LogP contribution < -0.4 is 9.64 Å². The molecule has 2 aliphatic heterocycles. The van der Waals surface area contributed by atoms with E-state index in [1.54, 1.807) is 30.3 Å². The number of hydrogen-bond donors (Lipinski definition) is 2. The molecule has 2 aromatic carbocycles. The summed E-state index contributed by atoms with van der Waals surface area (Å²) in [7, 11) is 0. The predicted molar refractivity (Wildman–Crippen MR) is 139 cm³/mol. The van der Waals surface area contributed by atoms with Crippen LogP contribution in [0.15, 0.2) is 60.2 Å². The smallest absolute Gasteiger partial charge is 0.258 e. The molecule has 2 aliphatic carbocycles. The summed E-state index contributed by atoms with van der Waals surface area (Å²) in [6.07, 6.45) is 1.63. The van der Waals surface area contributed by atoms with Gasteiger partial charge in [-0.3, -0.25) is 24.4 Å². The van der Waals surface area contributed by atoms with Crippen LogP contribution in [0, 0.1) is 23.6 Å². The maximum absolute atomic E-state index is 14.2. The number of anilines is 1. The molecule has 9 nitrogen and oxygen atoms in total. The number of carbonyl (C=O) groups excluding carboxylic acids is 4. The summed E-state index contributed by atoms with van der Waals surface area (Å²) in [6.45, 7) is -0.123. The summed E-state index contributed by atoms with van der Waals surface area (Å²) >= 11 is 14.4. The van der Waals surface area contributed by atoms with Gasteiger partial charge in [0, 0.05) is 5.92 Å². The van der Waals surface area contributed by atoms with Crippen molar-refractivity contribution in [3.05, 3.63) is 71.6 Å². The first-order chi connectivity index (χ1) is 19.0. The highest BCUT2D eigenvalue weighted by atomic mass is 35.5. The van der Waals surface area contributed by atoms with Gasteiger partial charge in [-0.1, -0.05) is 23.8 Å². The number of hydrogen-bond acceptors (Lipinski definition) is 7. The first kappa shape index (κ1) is 26.9. The summed E-state index contributed by atoms with van der Waals surface area (Å²) < 4.78 is 19.1. The molecule has 0 spiro atoms. The number of carbonyl (C=O) groups is 4. The molecule has 3 fully saturated rings. The minimum Gasteiger partial charge on any atom is -0.491 e. The van der Waals surface area contributed by atoms with E-state index in [1.165, 1.54) is 12.1 Å². The SMILES string of the molecule is O=C1C2CC=C3C(CC4(Cl)C(=O)N(c5ccc(F)cc5)C(=O)C4(Cl)C3c3ccc(OCCO)cc3)C2C(=O)N1O. The van der Waals surface area contributed by atoms with Gasteiger partial charge in [-0.05, 0) is 60.7 Å². The van der Waals surface area contributed by atoms with Gasteiger partial charge in [0.2, 0.25) is 0 Å². The number of imide groups is 2. The largest absolute Gasteiger partial charge is 0.491 e. The number of alkyl halides is 2. The van der Waals surface area contributed by atoms with Crippen LogP contribution in [0.3, 0.4) is 0 Å². The van der Waals surface area contributed by atoms with Gasteiger partial charge >= 0.3 is 0 Å². The first-order valence-electron chi connectivity index (χ1n) is 12.7. The number of benzene rings is 2. The number of nitrogens with zero attached hydrogens (tertiary/aromatic N) is 2. The van der Waals surface area contributed by atoms with Crippen LogP contribution in [0.1, 0.15) is 24.3 Å². The molecule has 4 amide bonds. The van der Waals surface area contributed by atoms with Crippen LogP contribution in [-0.2, 0) is 19.2 Å². The second-order valence-electron chi connectivity index (χ2n) is 10.4. The monoisotopic (exact) mass is 588 g/mol. The Bertz CT molecular complexity index is 1470. The molecule has 40 heavy (non-hydrogen) atoms. The highest BCUT2D eigenvalue weighted by molar-refractivity contribution is 6.58. The number of aliphatic hydroxyl groups is 1. The number of hydroxylamine groups is 2. The Kier molecular flexibility index (Phi) is 6.30. The quantitative estimate of drug-likeness (QED) is 0.238. The van der Waals surface area contributed by atoms with Crippen molar-refractivity contribution in [3.8, 4) is 5.75 Å². The number of amides is 4. The topological polar surface area (TPSA) is 124 Å². The lowest BCUT2D eigenvalue weighted by Gasteiger charge is -2.50. The van der Waals surface area contributed by atoms with Crippen molar-refractivity contribution >= 4 is 52.5 Å². The Morgan fingerprint density at radius 3 is 2.27 bits per heavy atom. The minimum absolute atomic E-state index is 0.0662. The summed E-state index contributed by atoms with van der Waals surface area (Å²) in [5.41, 5.74) is 1.15. The fourth-order valence-electron chi connectivity index (χ4n) is 6.68. The summed E-state index contributed by atoms with van der Waals surface area (Å²) in [4.78, 5) is 50.6. The molecule has 4 aliphatic rings. The third-order valence-corrected chi connectivity index (χ3v) is 9.86. The second kappa shape index (κ2) is 9.37. The van der Waals surface area contributed by atoms with Crippen molar-refractivity contribution < 1.29 is 38.6 Å². The van der Waals surface area contributed by atoms with E-state index in [-0.39, 0.29) is 36.8 Å². The molecule has 1 saturated carbocycles. The van der Waals surface area contributed by atoms with Crippen LogP contribution in [-0.4, -0.2) is 62.0 Å². The Hall–Kier alpha value is -3.31. The maximum Gasteiger partial charge on any atom is 0.258 e. The van der Waals surface area contributed by atoms with Crippen molar-refractivity contribution in [3.63, 3.8) is 0 Å². The fourth-order valence-corrected chi connectivity index (χ4v) is 7.61. The average Bonchev–Trinajstić information content (AvgIpc) is 3.26. The molecule has 0 radical (unpaired) electrons. The zero-order valence-electron chi connectivity index (χ0n) is 20.8. The van der Waals surface area contributed by atoms with Crippen LogP contribution >= 0.6 is 23.2 Å². The van der Waals surface area contributed by atoms with Gasteiger partial charge in [0.15, 0.2) is 9.75 Å². The third-order valence-electron chi connectivity index (χ3n) is 8.45. The number of halogens is 3. The third kappa shape index (κ3) is 3.52. The van der Waals surface area contributed by atoms with Crippen LogP contribution in [0.25, 0.3) is 0 Å². The van der Waals surface area contributed by atoms with E-state index in [2.05, 4.69) is 0 Å². The highest BCUT2D eigenvalue weighted by Crippen LogP contribution is 2.65. The lowest BCUT2D eigenvalue weighted by atomic mass is 9.56. The predicted octanol–water partition coefficient (Wildman–Crippen LogP) is 3.15. The van der Waals surface area contributed by atoms with E-state index < -0.39 is 62.9 Å². The molecule has 2 saturated heterocycles. The van der Waals surface area contributed by atoms with Crippen LogP contribution in [0.2, 0.25) is 0 Å². The Balaban J connectivity index is 1.52. The Morgan fingerprint density at radius 2 is 1.62 bits per heavy atom. The maximum atomic E-state index is 14.2. The van der Waals surface area contributed by atoms with Gasteiger partial charge < -0.3 is 9.84 Å².